The number of anilines is 1. The average Bonchev–Trinajstić information content (AvgIpc) is 3.09. The number of pyridine rings is 1. The fourth-order valence-corrected chi connectivity index (χ4v) is 4.60. The van der Waals surface area contributed by atoms with Crippen molar-refractivity contribution in [1.82, 2.24) is 19.9 Å². The lowest BCUT2D eigenvalue weighted by atomic mass is 9.77. The quantitative estimate of drug-likeness (QED) is 0.758. The van der Waals surface area contributed by atoms with Crippen LogP contribution >= 0.6 is 0 Å². The first kappa shape index (κ1) is 19.8. The van der Waals surface area contributed by atoms with Crippen molar-refractivity contribution in [3.63, 3.8) is 0 Å². The number of aromatic nitrogens is 3. The molecule has 1 saturated heterocycles. The summed E-state index contributed by atoms with van der Waals surface area (Å²) in [5.41, 5.74) is 3.13. The molecule has 1 aliphatic carbocycles. The van der Waals surface area contributed by atoms with Gasteiger partial charge in [-0.2, -0.15) is 0 Å². The molecule has 154 valence electrons. The van der Waals surface area contributed by atoms with Gasteiger partial charge in [-0.1, -0.05) is 0 Å². The van der Waals surface area contributed by atoms with E-state index in [4.69, 9.17) is 14.7 Å². The molecule has 1 aliphatic heterocycles. The molecule has 0 aromatic carbocycles. The molecule has 1 atom stereocenters. The van der Waals surface area contributed by atoms with Crippen LogP contribution in [0.3, 0.4) is 0 Å². The van der Waals surface area contributed by atoms with Gasteiger partial charge in [0.15, 0.2) is 5.82 Å². The second-order valence-electron chi connectivity index (χ2n) is 7.91. The van der Waals surface area contributed by atoms with E-state index in [2.05, 4.69) is 10.3 Å². The molecular weight excluding hydrogens is 366 g/mol. The van der Waals surface area contributed by atoms with E-state index in [1.807, 2.05) is 24.0 Å². The van der Waals surface area contributed by atoms with Gasteiger partial charge in [-0.05, 0) is 44.7 Å². The van der Waals surface area contributed by atoms with Gasteiger partial charge >= 0.3 is 0 Å². The molecule has 2 aromatic rings. The second kappa shape index (κ2) is 8.45. The molecule has 1 amide bonds. The summed E-state index contributed by atoms with van der Waals surface area (Å²) in [5, 5.41) is 3.47. The summed E-state index contributed by atoms with van der Waals surface area (Å²) in [4.78, 5) is 28.2. The van der Waals surface area contributed by atoms with E-state index in [9.17, 15) is 4.79 Å². The molecule has 7 heteroatoms. The van der Waals surface area contributed by atoms with Crippen LogP contribution in [0.15, 0.2) is 24.5 Å². The number of rotatable bonds is 6. The molecule has 1 unspecified atom stereocenters. The van der Waals surface area contributed by atoms with Crippen molar-refractivity contribution in [1.29, 1.82) is 0 Å². The first-order valence-corrected chi connectivity index (χ1v) is 10.5. The maximum Gasteiger partial charge on any atom is 0.219 e. The lowest BCUT2D eigenvalue weighted by Gasteiger charge is -2.40. The Hall–Kier alpha value is -2.54. The molecule has 1 spiro atoms. The summed E-state index contributed by atoms with van der Waals surface area (Å²) < 4.78 is 5.48. The van der Waals surface area contributed by atoms with Crippen LogP contribution in [0.1, 0.15) is 44.4 Å². The largest absolute Gasteiger partial charge is 0.380 e. The Morgan fingerprint density at radius 2 is 2.24 bits per heavy atom. The zero-order valence-electron chi connectivity index (χ0n) is 17.3. The molecule has 1 fully saturated rings. The molecule has 29 heavy (non-hydrogen) atoms. The third-order valence-corrected chi connectivity index (χ3v) is 6.05. The number of amides is 1. The van der Waals surface area contributed by atoms with Crippen molar-refractivity contribution in [2.24, 2.45) is 0 Å². The summed E-state index contributed by atoms with van der Waals surface area (Å²) in [7, 11) is 0. The van der Waals surface area contributed by atoms with E-state index in [0.717, 1.165) is 55.8 Å². The molecule has 7 nitrogen and oxygen atoms in total. The Morgan fingerprint density at radius 3 is 3.00 bits per heavy atom. The number of hydrogen-bond donors (Lipinski definition) is 1. The number of likely N-dealkylation sites (tertiary alicyclic amines) is 1. The summed E-state index contributed by atoms with van der Waals surface area (Å²) in [6, 6.07) is 3.89. The normalized spacial score (nSPS) is 20.7. The molecule has 0 radical (unpaired) electrons. The Morgan fingerprint density at radius 1 is 1.34 bits per heavy atom. The van der Waals surface area contributed by atoms with E-state index >= 15 is 0 Å². The molecule has 3 heterocycles. The van der Waals surface area contributed by atoms with E-state index < -0.39 is 0 Å². The summed E-state index contributed by atoms with van der Waals surface area (Å²) >= 11 is 0. The third-order valence-electron chi connectivity index (χ3n) is 6.05. The lowest BCUT2D eigenvalue weighted by molar-refractivity contribution is -0.131. The highest BCUT2D eigenvalue weighted by atomic mass is 16.5. The van der Waals surface area contributed by atoms with Gasteiger partial charge in [-0.15, -0.1) is 0 Å². The van der Waals surface area contributed by atoms with Crippen LogP contribution in [0.25, 0.3) is 11.4 Å². The zero-order valence-corrected chi connectivity index (χ0v) is 17.3. The number of piperidine rings is 1. The highest BCUT2D eigenvalue weighted by molar-refractivity contribution is 5.73. The Balaban J connectivity index is 1.73. The van der Waals surface area contributed by atoms with E-state index in [1.165, 1.54) is 5.56 Å². The van der Waals surface area contributed by atoms with Crippen LogP contribution in [0.5, 0.6) is 0 Å². The third kappa shape index (κ3) is 3.96. The number of carbonyl (C=O) groups is 1. The van der Waals surface area contributed by atoms with Gasteiger partial charge in [0, 0.05) is 62.1 Å². The van der Waals surface area contributed by atoms with E-state index in [-0.39, 0.29) is 11.3 Å². The van der Waals surface area contributed by atoms with Crippen molar-refractivity contribution in [3.8, 4) is 11.4 Å². The molecule has 2 aromatic heterocycles. The van der Waals surface area contributed by atoms with Crippen molar-refractivity contribution >= 4 is 11.7 Å². The van der Waals surface area contributed by atoms with Crippen LogP contribution < -0.4 is 5.32 Å². The number of nitrogens with one attached hydrogen (secondary N) is 1. The maximum absolute atomic E-state index is 12.1. The average molecular weight is 396 g/mol. The smallest absolute Gasteiger partial charge is 0.219 e. The second-order valence-corrected chi connectivity index (χ2v) is 7.91. The molecule has 2 aliphatic rings. The fourth-order valence-electron chi connectivity index (χ4n) is 4.60. The zero-order chi connectivity index (χ0) is 20.3. The fraction of sp³-hybridized carbons (Fsp3) is 0.545. The van der Waals surface area contributed by atoms with Gasteiger partial charge < -0.3 is 15.0 Å². The summed E-state index contributed by atoms with van der Waals surface area (Å²) in [6.07, 6.45) is 7.58. The van der Waals surface area contributed by atoms with Crippen LogP contribution in [0.2, 0.25) is 0 Å². The SMILES string of the molecule is CCOCCNc1nc(-c2cccnc2)nc2c1CCC21CCCN(C(C)=O)C1. The molecule has 0 bridgehead atoms. The van der Waals surface area contributed by atoms with Crippen molar-refractivity contribution in [2.45, 2.75) is 44.9 Å². The summed E-state index contributed by atoms with van der Waals surface area (Å²) in [5.74, 6) is 1.73. The standard InChI is InChI=1S/C22H29N5O2/c1-3-29-13-11-24-21-18-7-9-22(8-5-12-27(15-22)16(2)28)19(18)25-20(26-21)17-6-4-10-23-14-17/h4,6,10,14H,3,5,7-9,11-13,15H2,1-2H3,(H,24,25,26). The predicted octanol–water partition coefficient (Wildman–Crippen LogP) is 2.81. The lowest BCUT2D eigenvalue weighted by Crippen LogP contribution is -2.47. The van der Waals surface area contributed by atoms with E-state index in [0.29, 0.717) is 25.6 Å². The van der Waals surface area contributed by atoms with Gasteiger partial charge in [0.25, 0.3) is 0 Å². The number of carbonyl (C=O) groups excluding carboxylic acids is 1. The van der Waals surface area contributed by atoms with Crippen molar-refractivity contribution in [3.05, 3.63) is 35.8 Å². The number of fused-ring (bicyclic) bond motifs is 2. The number of hydrogen-bond acceptors (Lipinski definition) is 6. The van der Waals surface area contributed by atoms with Crippen LogP contribution in [-0.4, -0.2) is 58.6 Å². The molecule has 0 saturated carbocycles. The number of ether oxygens (including phenoxy) is 1. The monoisotopic (exact) mass is 395 g/mol. The molecule has 1 N–H and O–H groups in total. The predicted molar refractivity (Wildman–Crippen MR) is 112 cm³/mol. The van der Waals surface area contributed by atoms with Crippen molar-refractivity contribution < 1.29 is 9.53 Å². The minimum atomic E-state index is -0.0739. The van der Waals surface area contributed by atoms with E-state index in [1.54, 1.807) is 19.3 Å². The first-order chi connectivity index (χ1) is 14.1. The van der Waals surface area contributed by atoms with Gasteiger partial charge in [-0.25, -0.2) is 9.97 Å². The molecular formula is C22H29N5O2. The van der Waals surface area contributed by atoms with Crippen molar-refractivity contribution in [2.75, 3.05) is 38.2 Å². The van der Waals surface area contributed by atoms with Gasteiger partial charge in [0.1, 0.15) is 5.82 Å². The minimum Gasteiger partial charge on any atom is -0.380 e. The van der Waals surface area contributed by atoms with Gasteiger partial charge in [-0.3, -0.25) is 9.78 Å². The molecule has 4 rings (SSSR count). The van der Waals surface area contributed by atoms with Gasteiger partial charge in [0.05, 0.1) is 12.3 Å². The first-order valence-electron chi connectivity index (χ1n) is 10.5. The van der Waals surface area contributed by atoms with Gasteiger partial charge in [0.2, 0.25) is 5.91 Å². The summed E-state index contributed by atoms with van der Waals surface area (Å²) in [6.45, 7) is 7.29. The van der Waals surface area contributed by atoms with Crippen LogP contribution in [0.4, 0.5) is 5.82 Å². The Bertz CT molecular complexity index is 873. The van der Waals surface area contributed by atoms with Crippen LogP contribution in [0, 0.1) is 0 Å². The highest BCUT2D eigenvalue weighted by Gasteiger charge is 2.45. The minimum absolute atomic E-state index is 0.0739. The maximum atomic E-state index is 12.1. The number of nitrogens with zero attached hydrogens (tertiary/aromatic N) is 4. The Kier molecular flexibility index (Phi) is 5.76. The topological polar surface area (TPSA) is 80.2 Å². The highest BCUT2D eigenvalue weighted by Crippen LogP contribution is 2.46. The Labute approximate surface area is 171 Å². The van der Waals surface area contributed by atoms with Crippen LogP contribution in [-0.2, 0) is 21.4 Å².